The summed E-state index contributed by atoms with van der Waals surface area (Å²) in [5.41, 5.74) is 0. The van der Waals surface area contributed by atoms with Gasteiger partial charge in [-0.2, -0.15) is 0 Å². The Morgan fingerprint density at radius 1 is 0.304 bits per heavy atom. The SMILES string of the molecule is CO[C@H]1O[C@H](CO[C@@H]2O[C@H](CO[C@@H]3O[C@H](CO[C@@H]4O[C@H](CO[C@@H]5O[C@H](CO[C@@H]6O[C@H](C(=O)O)[C@@H](O)[C@H](O)[C@H]6O)[C@@H](O)[C@H](O)[C@H]5O)[C@@H](O)[C@H](O)[C@H]4O)[C@@H](O)[C@H](O)[C@H]3O)[C@@H](O)[C@H](O)[C@H]2O)[C@@H](O)[C@H](O)[C@H]1O. The second-order valence-corrected chi connectivity index (χ2v) is 17.2. The first-order chi connectivity index (χ1) is 32.5. The van der Waals surface area contributed by atoms with Crippen LogP contribution < -0.4 is 0 Å². The Morgan fingerprint density at radius 2 is 0.507 bits per heavy atom. The minimum Gasteiger partial charge on any atom is -0.479 e. The highest BCUT2D eigenvalue weighted by Gasteiger charge is 2.53. The topological polar surface area (TPSA) is 512 Å². The van der Waals surface area contributed by atoms with Crippen LogP contribution in [-0.2, 0) is 61.6 Å². The molecule has 0 aliphatic carbocycles. The van der Waals surface area contributed by atoms with E-state index >= 15 is 0 Å². The maximum atomic E-state index is 11.4. The third-order valence-electron chi connectivity index (χ3n) is 12.5. The molecular formula is C37H62O32. The molecule has 19 N–H and O–H groups in total. The first-order valence-corrected chi connectivity index (χ1v) is 21.5. The van der Waals surface area contributed by atoms with E-state index in [2.05, 4.69) is 0 Å². The molecule has 0 aromatic carbocycles. The minimum atomic E-state index is -2.04. The highest BCUT2D eigenvalue weighted by Crippen LogP contribution is 2.31. The Morgan fingerprint density at radius 3 is 0.739 bits per heavy atom. The summed E-state index contributed by atoms with van der Waals surface area (Å²) in [6.07, 6.45) is -55.1. The Hall–Kier alpha value is -1.73. The molecule has 32 nitrogen and oxygen atoms in total. The second-order valence-electron chi connectivity index (χ2n) is 17.2. The number of carboxylic acids is 1. The summed E-state index contributed by atoms with van der Waals surface area (Å²) in [5, 5.41) is 197. The van der Waals surface area contributed by atoms with Crippen LogP contribution in [0.2, 0.25) is 0 Å². The van der Waals surface area contributed by atoms with Crippen molar-refractivity contribution >= 4 is 5.97 Å². The van der Waals surface area contributed by atoms with Crippen LogP contribution >= 0.6 is 0 Å². The van der Waals surface area contributed by atoms with Crippen LogP contribution in [0.1, 0.15) is 0 Å². The van der Waals surface area contributed by atoms with Crippen molar-refractivity contribution in [2.75, 3.05) is 40.1 Å². The lowest BCUT2D eigenvalue weighted by Crippen LogP contribution is -2.63. The van der Waals surface area contributed by atoms with E-state index in [4.69, 9.17) is 56.8 Å². The zero-order chi connectivity index (χ0) is 50.9. The van der Waals surface area contributed by atoms with Gasteiger partial charge in [-0.3, -0.25) is 0 Å². The van der Waals surface area contributed by atoms with Gasteiger partial charge in [0.1, 0.15) is 140 Å². The molecule has 30 atom stereocenters. The second kappa shape index (κ2) is 24.1. The number of ether oxygens (including phenoxy) is 12. The predicted octanol–water partition coefficient (Wildman–Crippen LogP) is -13.4. The fourth-order valence-electron chi connectivity index (χ4n) is 8.16. The summed E-state index contributed by atoms with van der Waals surface area (Å²) in [4.78, 5) is 11.4. The van der Waals surface area contributed by atoms with E-state index in [1.165, 1.54) is 0 Å². The molecule has 0 saturated carbocycles. The quantitative estimate of drug-likeness (QED) is 0.0643. The van der Waals surface area contributed by atoms with Gasteiger partial charge in [0, 0.05) is 7.11 Å². The van der Waals surface area contributed by atoms with Crippen LogP contribution in [0.4, 0.5) is 0 Å². The Balaban J connectivity index is 1.01. The number of hydrogen-bond donors (Lipinski definition) is 19. The van der Waals surface area contributed by atoms with Crippen molar-refractivity contribution < 1.29 is 159 Å². The summed E-state index contributed by atoms with van der Waals surface area (Å²) in [6.45, 7) is -3.81. The van der Waals surface area contributed by atoms with Crippen LogP contribution in [0, 0.1) is 0 Å². The molecule has 0 spiro atoms. The van der Waals surface area contributed by atoms with Gasteiger partial charge < -0.3 is 154 Å². The molecule has 6 aliphatic rings. The lowest BCUT2D eigenvalue weighted by atomic mass is 9.97. The van der Waals surface area contributed by atoms with E-state index in [9.17, 15) is 102 Å². The molecule has 6 aliphatic heterocycles. The summed E-state index contributed by atoms with van der Waals surface area (Å²) in [7, 11) is 1.16. The maximum Gasteiger partial charge on any atom is 0.335 e. The van der Waals surface area contributed by atoms with Gasteiger partial charge in [-0.25, -0.2) is 4.79 Å². The molecule has 6 rings (SSSR count). The fourth-order valence-corrected chi connectivity index (χ4v) is 8.16. The summed E-state index contributed by atoms with van der Waals surface area (Å²) in [6, 6.07) is 0. The van der Waals surface area contributed by atoms with Gasteiger partial charge in [-0.05, 0) is 0 Å². The Bertz CT molecular complexity index is 1600. The number of carbonyl (C=O) groups is 1. The first-order valence-electron chi connectivity index (χ1n) is 21.5. The first kappa shape index (κ1) is 56.6. The van der Waals surface area contributed by atoms with Crippen LogP contribution in [0.25, 0.3) is 0 Å². The molecular weight excluding hydrogens is 956 g/mol. The highest BCUT2D eigenvalue weighted by atomic mass is 16.8. The summed E-state index contributed by atoms with van der Waals surface area (Å²) >= 11 is 0. The van der Waals surface area contributed by atoms with Crippen LogP contribution in [0.5, 0.6) is 0 Å². The predicted molar refractivity (Wildman–Crippen MR) is 204 cm³/mol. The molecule has 69 heavy (non-hydrogen) atoms. The zero-order valence-corrected chi connectivity index (χ0v) is 36.2. The third-order valence-corrected chi connectivity index (χ3v) is 12.5. The number of carboxylic acid groups (broad SMARTS) is 1. The van der Waals surface area contributed by atoms with E-state index < -0.39 is 223 Å². The number of methoxy groups -OCH3 is 1. The average Bonchev–Trinajstić information content (AvgIpc) is 3.32. The van der Waals surface area contributed by atoms with E-state index in [0.717, 1.165) is 7.11 Å². The number of aliphatic hydroxyl groups is 18. The number of rotatable bonds is 17. The molecule has 0 unspecified atom stereocenters. The molecule has 0 aromatic rings. The van der Waals surface area contributed by atoms with Crippen molar-refractivity contribution in [2.45, 2.75) is 184 Å². The summed E-state index contributed by atoms with van der Waals surface area (Å²) in [5.74, 6) is -1.71. The molecule has 0 bridgehead atoms. The van der Waals surface area contributed by atoms with Gasteiger partial charge in [0.2, 0.25) is 0 Å². The van der Waals surface area contributed by atoms with Crippen molar-refractivity contribution in [1.29, 1.82) is 0 Å². The van der Waals surface area contributed by atoms with E-state index in [0.29, 0.717) is 0 Å². The van der Waals surface area contributed by atoms with Crippen molar-refractivity contribution in [3.8, 4) is 0 Å². The van der Waals surface area contributed by atoms with Gasteiger partial charge in [0.05, 0.1) is 33.0 Å². The normalized spacial score (nSPS) is 52.1. The Kier molecular flexibility index (Phi) is 19.7. The largest absolute Gasteiger partial charge is 0.479 e. The van der Waals surface area contributed by atoms with Gasteiger partial charge in [-0.15, -0.1) is 0 Å². The maximum absolute atomic E-state index is 11.4. The molecule has 6 fully saturated rings. The lowest BCUT2D eigenvalue weighted by Gasteiger charge is -2.44. The van der Waals surface area contributed by atoms with Gasteiger partial charge in [-0.1, -0.05) is 0 Å². The highest BCUT2D eigenvalue weighted by molar-refractivity contribution is 5.73. The third kappa shape index (κ3) is 12.3. The molecule has 0 radical (unpaired) electrons. The molecule has 402 valence electrons. The summed E-state index contributed by atoms with van der Waals surface area (Å²) < 4.78 is 64.8. The molecule has 0 aromatic heterocycles. The smallest absolute Gasteiger partial charge is 0.335 e. The van der Waals surface area contributed by atoms with Crippen molar-refractivity contribution in [3.05, 3.63) is 0 Å². The minimum absolute atomic E-state index is 0.614. The van der Waals surface area contributed by atoms with Crippen molar-refractivity contribution in [1.82, 2.24) is 0 Å². The van der Waals surface area contributed by atoms with E-state index in [1.54, 1.807) is 0 Å². The van der Waals surface area contributed by atoms with Gasteiger partial charge >= 0.3 is 5.97 Å². The average molecular weight is 1020 g/mol. The van der Waals surface area contributed by atoms with E-state index in [1.807, 2.05) is 0 Å². The van der Waals surface area contributed by atoms with Crippen LogP contribution in [-0.4, -0.2) is 327 Å². The van der Waals surface area contributed by atoms with Crippen LogP contribution in [0.15, 0.2) is 0 Å². The van der Waals surface area contributed by atoms with E-state index in [-0.39, 0.29) is 0 Å². The molecule has 32 heteroatoms. The molecule has 6 saturated heterocycles. The molecule has 0 amide bonds. The molecule has 6 heterocycles. The number of aliphatic carboxylic acids is 1. The van der Waals surface area contributed by atoms with Crippen LogP contribution in [0.3, 0.4) is 0 Å². The fraction of sp³-hybridized carbons (Fsp3) is 0.973. The number of hydrogen-bond acceptors (Lipinski definition) is 31. The van der Waals surface area contributed by atoms with Gasteiger partial charge in [0.15, 0.2) is 43.8 Å². The van der Waals surface area contributed by atoms with Gasteiger partial charge in [0.25, 0.3) is 0 Å². The number of aliphatic hydroxyl groups excluding tert-OH is 18. The van der Waals surface area contributed by atoms with Crippen molar-refractivity contribution in [3.63, 3.8) is 0 Å². The Labute approximate surface area is 388 Å². The zero-order valence-electron chi connectivity index (χ0n) is 36.2. The van der Waals surface area contributed by atoms with Crippen molar-refractivity contribution in [2.24, 2.45) is 0 Å². The standard InChI is InChI=1S/C37H62O32/c1-58-32-24(50)17(43)12(38)7(64-32)2-59-33-25(51)18(44)13(39)8(65-33)3-60-34-26(52)19(45)14(40)9(66-34)4-61-35-27(53)20(46)15(41)10(67-35)5-62-36-28(54)21(47)16(42)11(68-36)6-63-37-29(55)22(48)23(49)30(69-37)31(56)57/h7-30,32-55H,2-6H2,1H3,(H,56,57)/t7-,8-,9-,10-,11-,12-,13-,14-,15-,16-,17+,18+,19+,20+,21+,22+,23+,24-,25-,26-,27-,28-,29-,30+,32+,33-,34-,35-,36-,37-/m1/s1. The lowest BCUT2D eigenvalue weighted by molar-refractivity contribution is -0.352. The monoisotopic (exact) mass is 1020 g/mol.